The normalized spacial score (nSPS) is 10.4. The van der Waals surface area contributed by atoms with E-state index in [2.05, 4.69) is 5.32 Å². The maximum atomic E-state index is 12.4. The largest absolute Gasteiger partial charge is 0.497 e. The standard InChI is InChI=1S/C27H23ClN2O4/c1-32-22-13-14-26(33-2)23(16-22)25-8-4-7-24(30-25)18-5-3-6-20(15-18)29-27(31)17-34-21-11-9-19(28)10-12-21/h3-16H,17H2,1-2H3,(H,29,31). The maximum absolute atomic E-state index is 12.4. The van der Waals surface area contributed by atoms with E-state index in [0.29, 0.717) is 28.0 Å². The van der Waals surface area contributed by atoms with Crippen LogP contribution < -0.4 is 19.5 Å². The molecule has 0 bridgehead atoms. The molecule has 0 atom stereocenters. The van der Waals surface area contributed by atoms with Crippen LogP contribution in [-0.4, -0.2) is 31.7 Å². The van der Waals surface area contributed by atoms with Gasteiger partial charge in [-0.25, -0.2) is 4.98 Å². The molecule has 0 aliphatic heterocycles. The van der Waals surface area contributed by atoms with Crippen molar-refractivity contribution >= 4 is 23.2 Å². The first-order valence-electron chi connectivity index (χ1n) is 10.5. The molecule has 0 fully saturated rings. The van der Waals surface area contributed by atoms with Gasteiger partial charge in [-0.15, -0.1) is 0 Å². The fourth-order valence-corrected chi connectivity index (χ4v) is 3.52. The van der Waals surface area contributed by atoms with E-state index in [1.165, 1.54) is 0 Å². The first-order chi connectivity index (χ1) is 16.6. The van der Waals surface area contributed by atoms with Gasteiger partial charge in [-0.05, 0) is 66.7 Å². The average Bonchev–Trinajstić information content (AvgIpc) is 2.88. The Kier molecular flexibility index (Phi) is 7.30. The highest BCUT2D eigenvalue weighted by Gasteiger charge is 2.11. The molecule has 0 aliphatic rings. The summed E-state index contributed by atoms with van der Waals surface area (Å²) in [5.41, 5.74) is 3.84. The van der Waals surface area contributed by atoms with E-state index in [-0.39, 0.29) is 12.5 Å². The Hall–Kier alpha value is -4.03. The molecule has 4 aromatic rings. The number of anilines is 1. The fraction of sp³-hybridized carbons (Fsp3) is 0.111. The summed E-state index contributed by atoms with van der Waals surface area (Å²) in [7, 11) is 3.24. The van der Waals surface area contributed by atoms with Crippen LogP contribution >= 0.6 is 11.6 Å². The van der Waals surface area contributed by atoms with Gasteiger partial charge in [-0.3, -0.25) is 4.79 Å². The van der Waals surface area contributed by atoms with E-state index in [0.717, 1.165) is 22.5 Å². The number of hydrogen-bond donors (Lipinski definition) is 1. The Morgan fingerprint density at radius 3 is 2.35 bits per heavy atom. The van der Waals surface area contributed by atoms with Gasteiger partial charge in [0.15, 0.2) is 6.61 Å². The van der Waals surface area contributed by atoms with Crippen molar-refractivity contribution < 1.29 is 19.0 Å². The Bertz CT molecular complexity index is 1290. The van der Waals surface area contributed by atoms with Gasteiger partial charge >= 0.3 is 0 Å². The first-order valence-corrected chi connectivity index (χ1v) is 10.9. The van der Waals surface area contributed by atoms with Crippen molar-refractivity contribution in [3.8, 4) is 39.8 Å². The number of carbonyl (C=O) groups excluding carboxylic acids is 1. The van der Waals surface area contributed by atoms with Crippen LogP contribution in [0, 0.1) is 0 Å². The quantitative estimate of drug-likeness (QED) is 0.334. The van der Waals surface area contributed by atoms with Crippen molar-refractivity contribution in [3.05, 3.63) is 90.0 Å². The number of rotatable bonds is 8. The lowest BCUT2D eigenvalue weighted by atomic mass is 10.1. The minimum absolute atomic E-state index is 0.116. The summed E-state index contributed by atoms with van der Waals surface area (Å²) in [4.78, 5) is 17.2. The number of amides is 1. The van der Waals surface area contributed by atoms with Crippen LogP contribution in [0.25, 0.3) is 22.5 Å². The molecule has 6 nitrogen and oxygen atoms in total. The summed E-state index contributed by atoms with van der Waals surface area (Å²) in [5.74, 6) is 1.72. The number of hydrogen-bond acceptors (Lipinski definition) is 5. The predicted octanol–water partition coefficient (Wildman–Crippen LogP) is 6.10. The van der Waals surface area contributed by atoms with Crippen LogP contribution in [0.15, 0.2) is 84.9 Å². The number of nitrogens with one attached hydrogen (secondary N) is 1. The van der Waals surface area contributed by atoms with Crippen LogP contribution in [-0.2, 0) is 4.79 Å². The van der Waals surface area contributed by atoms with Gasteiger partial charge in [0.05, 0.1) is 25.6 Å². The number of carbonyl (C=O) groups is 1. The number of ether oxygens (including phenoxy) is 3. The lowest BCUT2D eigenvalue weighted by Gasteiger charge is -2.12. The summed E-state index contributed by atoms with van der Waals surface area (Å²) in [6.07, 6.45) is 0. The molecule has 34 heavy (non-hydrogen) atoms. The highest BCUT2D eigenvalue weighted by atomic mass is 35.5. The Balaban J connectivity index is 1.51. The Morgan fingerprint density at radius 2 is 1.59 bits per heavy atom. The van der Waals surface area contributed by atoms with Crippen LogP contribution in [0.4, 0.5) is 5.69 Å². The van der Waals surface area contributed by atoms with Gasteiger partial charge < -0.3 is 19.5 Å². The fourth-order valence-electron chi connectivity index (χ4n) is 3.39. The molecule has 0 saturated heterocycles. The second kappa shape index (κ2) is 10.7. The zero-order chi connectivity index (χ0) is 23.9. The van der Waals surface area contributed by atoms with E-state index in [1.54, 1.807) is 38.5 Å². The van der Waals surface area contributed by atoms with Crippen molar-refractivity contribution in [1.82, 2.24) is 4.98 Å². The van der Waals surface area contributed by atoms with Gasteiger partial charge in [-0.1, -0.05) is 29.8 Å². The maximum Gasteiger partial charge on any atom is 0.262 e. The minimum Gasteiger partial charge on any atom is -0.497 e. The third-order valence-corrected chi connectivity index (χ3v) is 5.31. The monoisotopic (exact) mass is 474 g/mol. The van der Waals surface area contributed by atoms with Crippen LogP contribution in [0.1, 0.15) is 0 Å². The van der Waals surface area contributed by atoms with E-state index in [4.69, 9.17) is 30.8 Å². The number of halogens is 1. The highest BCUT2D eigenvalue weighted by Crippen LogP contribution is 2.33. The van der Waals surface area contributed by atoms with Crippen LogP contribution in [0.5, 0.6) is 17.2 Å². The van der Waals surface area contributed by atoms with Crippen molar-refractivity contribution in [2.24, 2.45) is 0 Å². The van der Waals surface area contributed by atoms with Gasteiger partial charge in [-0.2, -0.15) is 0 Å². The number of benzene rings is 3. The van der Waals surface area contributed by atoms with Crippen molar-refractivity contribution in [1.29, 1.82) is 0 Å². The molecule has 4 rings (SSSR count). The summed E-state index contributed by atoms with van der Waals surface area (Å²) < 4.78 is 16.4. The molecule has 1 N–H and O–H groups in total. The number of aromatic nitrogens is 1. The first kappa shape index (κ1) is 23.1. The van der Waals surface area contributed by atoms with Gasteiger partial charge in [0.2, 0.25) is 0 Å². The highest BCUT2D eigenvalue weighted by molar-refractivity contribution is 6.30. The molecule has 0 spiro atoms. The van der Waals surface area contributed by atoms with Gasteiger partial charge in [0.1, 0.15) is 17.2 Å². The Morgan fingerprint density at radius 1 is 0.853 bits per heavy atom. The van der Waals surface area contributed by atoms with E-state index < -0.39 is 0 Å². The number of methoxy groups -OCH3 is 2. The molecule has 0 aliphatic carbocycles. The minimum atomic E-state index is -0.269. The summed E-state index contributed by atoms with van der Waals surface area (Å²) in [5, 5.41) is 3.47. The third kappa shape index (κ3) is 5.66. The van der Waals surface area contributed by atoms with E-state index in [1.807, 2.05) is 60.7 Å². The smallest absolute Gasteiger partial charge is 0.262 e. The molecular formula is C27H23ClN2O4. The lowest BCUT2D eigenvalue weighted by molar-refractivity contribution is -0.118. The van der Waals surface area contributed by atoms with E-state index in [9.17, 15) is 4.79 Å². The molecule has 172 valence electrons. The molecular weight excluding hydrogens is 452 g/mol. The van der Waals surface area contributed by atoms with Crippen molar-refractivity contribution in [2.75, 3.05) is 26.1 Å². The van der Waals surface area contributed by atoms with Crippen molar-refractivity contribution in [2.45, 2.75) is 0 Å². The SMILES string of the molecule is COc1ccc(OC)c(-c2cccc(-c3cccc(NC(=O)COc4ccc(Cl)cc4)c3)n2)c1. The van der Waals surface area contributed by atoms with Gasteiger partial charge in [0.25, 0.3) is 5.91 Å². The van der Waals surface area contributed by atoms with Gasteiger partial charge in [0, 0.05) is 21.8 Å². The second-order valence-electron chi connectivity index (χ2n) is 7.35. The molecule has 3 aromatic carbocycles. The molecule has 0 unspecified atom stereocenters. The average molecular weight is 475 g/mol. The Labute approximate surface area is 203 Å². The summed E-state index contributed by atoms with van der Waals surface area (Å²) >= 11 is 5.87. The molecule has 7 heteroatoms. The zero-order valence-electron chi connectivity index (χ0n) is 18.7. The molecule has 0 saturated carbocycles. The predicted molar refractivity (Wildman–Crippen MR) is 134 cm³/mol. The molecule has 0 radical (unpaired) electrons. The van der Waals surface area contributed by atoms with E-state index >= 15 is 0 Å². The zero-order valence-corrected chi connectivity index (χ0v) is 19.5. The number of nitrogens with zero attached hydrogens (tertiary/aromatic N) is 1. The lowest BCUT2D eigenvalue weighted by Crippen LogP contribution is -2.20. The molecule has 1 amide bonds. The third-order valence-electron chi connectivity index (χ3n) is 5.06. The van der Waals surface area contributed by atoms with Crippen LogP contribution in [0.3, 0.4) is 0 Å². The van der Waals surface area contributed by atoms with Crippen LogP contribution in [0.2, 0.25) is 5.02 Å². The topological polar surface area (TPSA) is 69.7 Å². The summed E-state index contributed by atoms with van der Waals surface area (Å²) in [6, 6.07) is 25.7. The number of pyridine rings is 1. The molecule has 1 aromatic heterocycles. The summed E-state index contributed by atoms with van der Waals surface area (Å²) in [6.45, 7) is -0.116. The molecule has 1 heterocycles. The second-order valence-corrected chi connectivity index (χ2v) is 7.78. The van der Waals surface area contributed by atoms with Crippen molar-refractivity contribution in [3.63, 3.8) is 0 Å².